The van der Waals surface area contributed by atoms with Crippen molar-refractivity contribution in [2.75, 3.05) is 12.3 Å². The molecule has 0 saturated carbocycles. The van der Waals surface area contributed by atoms with Gasteiger partial charge in [0.05, 0.1) is 6.61 Å². The highest BCUT2D eigenvalue weighted by Crippen LogP contribution is 2.57. The molecule has 10 nitrogen and oxygen atoms in total. The zero-order chi connectivity index (χ0) is 17.7. The van der Waals surface area contributed by atoms with E-state index in [-0.39, 0.29) is 18.5 Å². The highest BCUT2D eigenvalue weighted by Gasteiger charge is 2.61. The Hall–Kier alpha value is -1.29. The summed E-state index contributed by atoms with van der Waals surface area (Å²) in [5, 5.41) is 13.4. The minimum absolute atomic E-state index is 0.0434. The molecule has 1 aromatic rings. The molecule has 0 radical (unpaired) electrons. The van der Waals surface area contributed by atoms with Gasteiger partial charge >= 0.3 is 13.4 Å². The highest BCUT2D eigenvalue weighted by atomic mass is 31.2. The zero-order valence-electron chi connectivity index (χ0n) is 13.6. The van der Waals surface area contributed by atoms with Crippen LogP contribution in [-0.2, 0) is 18.3 Å². The molecule has 11 heteroatoms. The first-order valence-corrected chi connectivity index (χ1v) is 9.10. The van der Waals surface area contributed by atoms with Gasteiger partial charge in [0.2, 0.25) is 0 Å². The maximum atomic E-state index is 12.7. The largest absolute Gasteiger partial charge is 0.406 e. The molecule has 0 amide bonds. The molecule has 3 heterocycles. The van der Waals surface area contributed by atoms with Crippen molar-refractivity contribution in [3.63, 3.8) is 0 Å². The van der Waals surface area contributed by atoms with Crippen LogP contribution in [0.2, 0.25) is 0 Å². The number of aliphatic hydroxyl groups is 1. The van der Waals surface area contributed by atoms with Crippen molar-refractivity contribution in [3.05, 3.63) is 22.7 Å². The quantitative estimate of drug-likeness (QED) is 0.636. The standard InChI is InChI=1S/C13H21N4O6P/c1-7(2)16-24(20)21-6-8-13(3,23-24)10(18)11(22-8)17-5-4-9(14)15-12(17)19/h4-5,7-8,10-11,18H,6H2,1-3H3,(H,16,20)(H2,14,15,19). The van der Waals surface area contributed by atoms with Gasteiger partial charge in [-0.05, 0) is 26.8 Å². The van der Waals surface area contributed by atoms with E-state index in [4.69, 9.17) is 19.5 Å². The third-order valence-electron chi connectivity index (χ3n) is 4.06. The predicted molar refractivity (Wildman–Crippen MR) is 84.1 cm³/mol. The Morgan fingerprint density at radius 3 is 2.92 bits per heavy atom. The van der Waals surface area contributed by atoms with Crippen molar-refractivity contribution in [2.24, 2.45) is 0 Å². The SMILES string of the molecule is CC(C)NP1(=O)OCC2OC(n3ccc(N)nc3=O)C(O)C2(C)O1. The number of nitrogens with one attached hydrogen (secondary N) is 1. The number of aliphatic hydroxyl groups excluding tert-OH is 1. The molecule has 0 bridgehead atoms. The molecule has 0 spiro atoms. The molecule has 0 aliphatic carbocycles. The van der Waals surface area contributed by atoms with Crippen molar-refractivity contribution in [1.82, 2.24) is 14.6 Å². The molecule has 5 unspecified atom stereocenters. The Balaban J connectivity index is 1.90. The van der Waals surface area contributed by atoms with Crippen LogP contribution in [-0.4, -0.2) is 45.1 Å². The number of fused-ring (bicyclic) bond motifs is 1. The fraction of sp³-hybridized carbons (Fsp3) is 0.692. The van der Waals surface area contributed by atoms with Crippen molar-refractivity contribution >= 4 is 13.6 Å². The second-order valence-corrected chi connectivity index (χ2v) is 8.05. The molecule has 0 aromatic carbocycles. The van der Waals surface area contributed by atoms with Gasteiger partial charge in [0, 0.05) is 12.2 Å². The Morgan fingerprint density at radius 1 is 1.58 bits per heavy atom. The van der Waals surface area contributed by atoms with Gasteiger partial charge in [-0.2, -0.15) is 4.98 Å². The maximum absolute atomic E-state index is 12.7. The average Bonchev–Trinajstić information content (AvgIpc) is 2.69. The first-order valence-electron chi connectivity index (χ1n) is 7.56. The molecule has 3 rings (SSSR count). The third kappa shape index (κ3) is 2.90. The molecular weight excluding hydrogens is 339 g/mol. The van der Waals surface area contributed by atoms with Gasteiger partial charge in [0.15, 0.2) is 6.23 Å². The number of hydrogen-bond acceptors (Lipinski definition) is 8. The number of anilines is 1. The summed E-state index contributed by atoms with van der Waals surface area (Å²) < 4.78 is 30.4. The van der Waals surface area contributed by atoms with E-state index in [2.05, 4.69) is 10.1 Å². The molecule has 2 fully saturated rings. The summed E-state index contributed by atoms with van der Waals surface area (Å²) in [6.07, 6.45) is -1.61. The Morgan fingerprint density at radius 2 is 2.29 bits per heavy atom. The van der Waals surface area contributed by atoms with Crippen LogP contribution < -0.4 is 16.5 Å². The number of ether oxygens (including phenoxy) is 1. The molecule has 5 atom stereocenters. The van der Waals surface area contributed by atoms with E-state index in [1.54, 1.807) is 20.8 Å². The van der Waals surface area contributed by atoms with Crippen LogP contribution in [0.25, 0.3) is 0 Å². The van der Waals surface area contributed by atoms with E-state index < -0.39 is 37.5 Å². The fourth-order valence-electron chi connectivity index (χ4n) is 2.84. The van der Waals surface area contributed by atoms with E-state index in [1.807, 2.05) is 0 Å². The first-order chi connectivity index (χ1) is 11.1. The first kappa shape index (κ1) is 17.5. The summed E-state index contributed by atoms with van der Waals surface area (Å²) in [6.45, 7) is 5.13. The van der Waals surface area contributed by atoms with Gasteiger partial charge in [0.1, 0.15) is 23.6 Å². The number of nitrogens with zero attached hydrogens (tertiary/aromatic N) is 2. The smallest absolute Gasteiger partial charge is 0.385 e. The molecule has 1 aromatic heterocycles. The lowest BCUT2D eigenvalue weighted by Crippen LogP contribution is -2.52. The summed E-state index contributed by atoms with van der Waals surface area (Å²) in [5.41, 5.74) is 3.50. The average molecular weight is 360 g/mol. The minimum Gasteiger partial charge on any atom is -0.385 e. The summed E-state index contributed by atoms with van der Waals surface area (Å²) in [7, 11) is -3.59. The monoisotopic (exact) mass is 360 g/mol. The molecule has 134 valence electrons. The van der Waals surface area contributed by atoms with Gasteiger partial charge in [-0.1, -0.05) is 0 Å². The van der Waals surface area contributed by atoms with E-state index in [0.29, 0.717) is 0 Å². The van der Waals surface area contributed by atoms with Crippen LogP contribution in [0.15, 0.2) is 17.1 Å². The molecular formula is C13H21N4O6P. The molecule has 2 aliphatic rings. The maximum Gasteiger partial charge on any atom is 0.406 e. The third-order valence-corrected chi connectivity index (χ3v) is 6.01. The Bertz CT molecular complexity index is 739. The van der Waals surface area contributed by atoms with Crippen LogP contribution in [0.1, 0.15) is 27.0 Å². The van der Waals surface area contributed by atoms with Gasteiger partial charge < -0.3 is 15.6 Å². The lowest BCUT2D eigenvalue weighted by atomic mass is 9.95. The highest BCUT2D eigenvalue weighted by molar-refractivity contribution is 7.51. The number of nitrogens with two attached hydrogens (primary N) is 1. The minimum atomic E-state index is -3.59. The number of aromatic nitrogens is 2. The molecule has 4 N–H and O–H groups in total. The fourth-order valence-corrected chi connectivity index (χ4v) is 4.72. The second-order valence-electron chi connectivity index (χ2n) is 6.35. The van der Waals surface area contributed by atoms with Crippen LogP contribution >= 0.6 is 7.75 Å². The van der Waals surface area contributed by atoms with Crippen LogP contribution in [0.5, 0.6) is 0 Å². The van der Waals surface area contributed by atoms with E-state index in [0.717, 1.165) is 4.57 Å². The molecule has 2 aliphatic heterocycles. The topological polar surface area (TPSA) is 138 Å². The van der Waals surface area contributed by atoms with Crippen LogP contribution in [0.3, 0.4) is 0 Å². The van der Waals surface area contributed by atoms with Gasteiger partial charge in [-0.3, -0.25) is 13.6 Å². The van der Waals surface area contributed by atoms with Crippen LogP contribution in [0, 0.1) is 0 Å². The summed E-state index contributed by atoms with van der Waals surface area (Å²) in [6, 6.07) is 1.28. The molecule has 24 heavy (non-hydrogen) atoms. The predicted octanol–water partition coefficient (Wildman–Crippen LogP) is -0.00460. The van der Waals surface area contributed by atoms with Crippen molar-refractivity contribution in [3.8, 4) is 0 Å². The second kappa shape index (κ2) is 5.91. The van der Waals surface area contributed by atoms with Crippen molar-refractivity contribution in [1.29, 1.82) is 0 Å². The number of nitrogen functional groups attached to an aromatic ring is 1. The van der Waals surface area contributed by atoms with E-state index >= 15 is 0 Å². The Labute approximate surface area is 138 Å². The van der Waals surface area contributed by atoms with Gasteiger partial charge in [0.25, 0.3) is 0 Å². The number of hydrogen-bond donors (Lipinski definition) is 3. The summed E-state index contributed by atoms with van der Waals surface area (Å²) in [4.78, 5) is 15.6. The lowest BCUT2D eigenvalue weighted by Gasteiger charge is -2.40. The number of rotatable bonds is 3. The van der Waals surface area contributed by atoms with Crippen LogP contribution in [0.4, 0.5) is 5.82 Å². The van der Waals surface area contributed by atoms with Gasteiger partial charge in [-0.25, -0.2) is 14.4 Å². The molecule has 2 saturated heterocycles. The van der Waals surface area contributed by atoms with Crippen molar-refractivity contribution < 1.29 is 23.5 Å². The van der Waals surface area contributed by atoms with Crippen molar-refractivity contribution in [2.45, 2.75) is 50.8 Å². The summed E-state index contributed by atoms with van der Waals surface area (Å²) in [5.74, 6) is 0.0672. The lowest BCUT2D eigenvalue weighted by molar-refractivity contribution is -0.0999. The van der Waals surface area contributed by atoms with E-state index in [9.17, 15) is 14.5 Å². The normalized spacial score (nSPS) is 39.1. The zero-order valence-corrected chi connectivity index (χ0v) is 14.5. The van der Waals surface area contributed by atoms with Gasteiger partial charge in [-0.15, -0.1) is 0 Å². The Kier molecular flexibility index (Phi) is 4.31. The van der Waals surface area contributed by atoms with E-state index in [1.165, 1.54) is 12.3 Å². The summed E-state index contributed by atoms with van der Waals surface area (Å²) >= 11 is 0.